The highest BCUT2D eigenvalue weighted by Crippen LogP contribution is 2.17. The van der Waals surface area contributed by atoms with Gasteiger partial charge in [-0.2, -0.15) is 5.10 Å². The molecule has 0 aliphatic rings. The number of hydrogen-bond donors (Lipinski definition) is 0. The van der Waals surface area contributed by atoms with Crippen molar-refractivity contribution >= 4 is 5.78 Å². The topological polar surface area (TPSA) is 34.9 Å². The van der Waals surface area contributed by atoms with Crippen LogP contribution in [0.15, 0.2) is 30.3 Å². The van der Waals surface area contributed by atoms with Crippen molar-refractivity contribution in [2.45, 2.75) is 40.2 Å². The van der Waals surface area contributed by atoms with Crippen molar-refractivity contribution in [2.24, 2.45) is 0 Å². The molecule has 0 bridgehead atoms. The van der Waals surface area contributed by atoms with Crippen LogP contribution in [0.3, 0.4) is 0 Å². The number of nitrogens with zero attached hydrogens (tertiary/aromatic N) is 2. The van der Waals surface area contributed by atoms with E-state index in [1.54, 1.807) is 4.68 Å². The van der Waals surface area contributed by atoms with E-state index < -0.39 is 0 Å². The number of rotatable bonds is 4. The average molecular weight is 256 g/mol. The lowest BCUT2D eigenvalue weighted by atomic mass is 9.99. The molecule has 0 unspecified atom stereocenters. The Labute approximate surface area is 114 Å². The summed E-state index contributed by atoms with van der Waals surface area (Å²) in [6.07, 6.45) is 0. The molecule has 2 aromatic rings. The largest absolute Gasteiger partial charge is 0.287 e. The third-order valence-electron chi connectivity index (χ3n) is 3.27. The van der Waals surface area contributed by atoms with Gasteiger partial charge in [0.15, 0.2) is 0 Å². The predicted octanol–water partition coefficient (Wildman–Crippen LogP) is 3.57. The smallest absolute Gasteiger partial charge is 0.211 e. The van der Waals surface area contributed by atoms with E-state index in [0.29, 0.717) is 18.2 Å². The Morgan fingerprint density at radius 2 is 1.89 bits per heavy atom. The van der Waals surface area contributed by atoms with Crippen LogP contribution in [0.4, 0.5) is 0 Å². The highest BCUT2D eigenvalue weighted by molar-refractivity contribution is 6.07. The minimum absolute atomic E-state index is 0.0396. The molecule has 0 amide bonds. The molecule has 1 aromatic carbocycles. The highest BCUT2D eigenvalue weighted by Gasteiger charge is 2.15. The van der Waals surface area contributed by atoms with Gasteiger partial charge in [0.2, 0.25) is 5.78 Å². The summed E-state index contributed by atoms with van der Waals surface area (Å²) >= 11 is 0. The summed E-state index contributed by atoms with van der Waals surface area (Å²) in [5.41, 5.74) is 3.51. The number of carbonyl (C=O) groups excluding carboxylic acids is 1. The summed E-state index contributed by atoms with van der Waals surface area (Å²) in [4.78, 5) is 12.5. The molecule has 1 heterocycles. The van der Waals surface area contributed by atoms with E-state index >= 15 is 0 Å². The van der Waals surface area contributed by atoms with Crippen LogP contribution in [0.5, 0.6) is 0 Å². The molecule has 0 saturated carbocycles. The molecular weight excluding hydrogens is 236 g/mol. The number of hydrogen-bond acceptors (Lipinski definition) is 2. The Balaban J connectivity index is 2.33. The van der Waals surface area contributed by atoms with Gasteiger partial charge in [-0.1, -0.05) is 38.1 Å². The SMILES string of the molecule is CCn1nc(C)cc1C(=O)c1ccc(C(C)C)cc1. The second-order valence-electron chi connectivity index (χ2n) is 5.09. The lowest BCUT2D eigenvalue weighted by Gasteiger charge is -2.07. The van der Waals surface area contributed by atoms with Gasteiger partial charge in [0, 0.05) is 12.1 Å². The van der Waals surface area contributed by atoms with Crippen LogP contribution in [-0.2, 0) is 6.54 Å². The normalized spacial score (nSPS) is 11.0. The lowest BCUT2D eigenvalue weighted by molar-refractivity contribution is 0.102. The van der Waals surface area contributed by atoms with Crippen LogP contribution in [0.1, 0.15) is 54.0 Å². The average Bonchev–Trinajstić information content (AvgIpc) is 2.79. The minimum Gasteiger partial charge on any atom is -0.287 e. The second-order valence-corrected chi connectivity index (χ2v) is 5.09. The summed E-state index contributed by atoms with van der Waals surface area (Å²) in [5.74, 6) is 0.519. The zero-order chi connectivity index (χ0) is 14.0. The van der Waals surface area contributed by atoms with Crippen molar-refractivity contribution in [2.75, 3.05) is 0 Å². The molecule has 1 aromatic heterocycles. The van der Waals surface area contributed by atoms with E-state index in [1.807, 2.05) is 44.2 Å². The molecule has 100 valence electrons. The Morgan fingerprint density at radius 3 is 2.42 bits per heavy atom. The number of ketones is 1. The summed E-state index contributed by atoms with van der Waals surface area (Å²) in [6, 6.07) is 9.71. The van der Waals surface area contributed by atoms with Crippen LogP contribution in [0.2, 0.25) is 0 Å². The zero-order valence-corrected chi connectivity index (χ0v) is 12.0. The fourth-order valence-corrected chi connectivity index (χ4v) is 2.14. The molecule has 0 radical (unpaired) electrons. The fourth-order valence-electron chi connectivity index (χ4n) is 2.14. The van der Waals surface area contributed by atoms with Gasteiger partial charge in [0.1, 0.15) is 5.69 Å². The molecule has 0 spiro atoms. The second kappa shape index (κ2) is 5.39. The molecule has 0 aliphatic carbocycles. The fraction of sp³-hybridized carbons (Fsp3) is 0.375. The molecule has 0 aliphatic heterocycles. The first-order valence-electron chi connectivity index (χ1n) is 6.72. The summed E-state index contributed by atoms with van der Waals surface area (Å²) in [7, 11) is 0. The molecular formula is C16H20N2O. The number of carbonyl (C=O) groups is 1. The summed E-state index contributed by atoms with van der Waals surface area (Å²) in [5, 5.41) is 4.32. The molecule has 19 heavy (non-hydrogen) atoms. The van der Waals surface area contributed by atoms with Crippen LogP contribution >= 0.6 is 0 Å². The van der Waals surface area contributed by atoms with E-state index in [2.05, 4.69) is 18.9 Å². The third-order valence-corrected chi connectivity index (χ3v) is 3.27. The number of aromatic nitrogens is 2. The maximum atomic E-state index is 12.5. The van der Waals surface area contributed by atoms with Gasteiger partial charge in [-0.05, 0) is 31.4 Å². The molecule has 0 saturated heterocycles. The number of benzene rings is 1. The van der Waals surface area contributed by atoms with Crippen LogP contribution in [0.25, 0.3) is 0 Å². The standard InChI is InChI=1S/C16H20N2O/c1-5-18-15(10-12(4)17-18)16(19)14-8-6-13(7-9-14)11(2)3/h6-11H,5H2,1-4H3. The van der Waals surface area contributed by atoms with E-state index in [0.717, 1.165) is 11.3 Å². The molecule has 2 rings (SSSR count). The Bertz CT molecular complexity index is 579. The van der Waals surface area contributed by atoms with Crippen molar-refractivity contribution in [3.05, 3.63) is 52.8 Å². The summed E-state index contributed by atoms with van der Waals surface area (Å²) < 4.78 is 1.76. The van der Waals surface area contributed by atoms with E-state index in [9.17, 15) is 4.79 Å². The van der Waals surface area contributed by atoms with Crippen molar-refractivity contribution in [1.29, 1.82) is 0 Å². The lowest BCUT2D eigenvalue weighted by Crippen LogP contribution is -2.10. The Kier molecular flexibility index (Phi) is 3.84. The first kappa shape index (κ1) is 13.5. The van der Waals surface area contributed by atoms with E-state index in [1.165, 1.54) is 5.56 Å². The van der Waals surface area contributed by atoms with Gasteiger partial charge >= 0.3 is 0 Å². The van der Waals surface area contributed by atoms with Gasteiger partial charge in [-0.25, -0.2) is 0 Å². The van der Waals surface area contributed by atoms with Crippen molar-refractivity contribution in [3.8, 4) is 0 Å². The van der Waals surface area contributed by atoms with Gasteiger partial charge in [-0.3, -0.25) is 9.48 Å². The first-order valence-corrected chi connectivity index (χ1v) is 6.72. The van der Waals surface area contributed by atoms with Crippen molar-refractivity contribution in [1.82, 2.24) is 9.78 Å². The van der Waals surface area contributed by atoms with Crippen LogP contribution in [0, 0.1) is 6.92 Å². The maximum Gasteiger partial charge on any atom is 0.211 e. The maximum absolute atomic E-state index is 12.5. The predicted molar refractivity (Wildman–Crippen MR) is 76.6 cm³/mol. The Morgan fingerprint density at radius 1 is 1.26 bits per heavy atom. The van der Waals surface area contributed by atoms with Crippen LogP contribution in [-0.4, -0.2) is 15.6 Å². The van der Waals surface area contributed by atoms with Crippen molar-refractivity contribution in [3.63, 3.8) is 0 Å². The Hall–Kier alpha value is -1.90. The molecule has 3 nitrogen and oxygen atoms in total. The van der Waals surface area contributed by atoms with Crippen molar-refractivity contribution < 1.29 is 4.79 Å². The zero-order valence-electron chi connectivity index (χ0n) is 12.0. The van der Waals surface area contributed by atoms with Gasteiger partial charge in [0.25, 0.3) is 0 Å². The molecule has 0 atom stereocenters. The van der Waals surface area contributed by atoms with Gasteiger partial charge in [0.05, 0.1) is 5.69 Å². The number of aryl methyl sites for hydroxylation is 2. The minimum atomic E-state index is 0.0396. The third kappa shape index (κ3) is 2.75. The summed E-state index contributed by atoms with van der Waals surface area (Å²) in [6.45, 7) is 8.90. The van der Waals surface area contributed by atoms with E-state index in [4.69, 9.17) is 0 Å². The monoisotopic (exact) mass is 256 g/mol. The quantitative estimate of drug-likeness (QED) is 0.784. The molecule has 3 heteroatoms. The highest BCUT2D eigenvalue weighted by atomic mass is 16.1. The first-order chi connectivity index (χ1) is 9.02. The van der Waals surface area contributed by atoms with Gasteiger partial charge in [-0.15, -0.1) is 0 Å². The molecule has 0 fully saturated rings. The van der Waals surface area contributed by atoms with E-state index in [-0.39, 0.29) is 5.78 Å². The molecule has 0 N–H and O–H groups in total. The van der Waals surface area contributed by atoms with Gasteiger partial charge < -0.3 is 0 Å². The van der Waals surface area contributed by atoms with Crippen LogP contribution < -0.4 is 0 Å².